The van der Waals surface area contributed by atoms with Crippen molar-refractivity contribution in [1.82, 2.24) is 20.0 Å². The second kappa shape index (κ2) is 8.78. The van der Waals surface area contributed by atoms with Gasteiger partial charge in [-0.25, -0.2) is 4.79 Å². The molecule has 2 aromatic rings. The summed E-state index contributed by atoms with van der Waals surface area (Å²) in [5.74, 6) is -0.940. The number of aromatic amines is 1. The minimum Gasteiger partial charge on any atom is -0.477 e. The van der Waals surface area contributed by atoms with E-state index < -0.39 is 5.97 Å². The topological polar surface area (TPSA) is 72.5 Å². The van der Waals surface area contributed by atoms with Gasteiger partial charge in [-0.3, -0.25) is 10.00 Å². The fourth-order valence-corrected chi connectivity index (χ4v) is 3.41. The summed E-state index contributed by atoms with van der Waals surface area (Å²) in [4.78, 5) is 16.0. The molecule has 0 spiro atoms. The van der Waals surface area contributed by atoms with Crippen LogP contribution in [0, 0.1) is 0 Å². The molecule has 0 saturated carbocycles. The molecule has 3 rings (SSSR count). The van der Waals surface area contributed by atoms with E-state index in [0.717, 1.165) is 51.1 Å². The van der Waals surface area contributed by atoms with Crippen molar-refractivity contribution in [2.45, 2.75) is 25.8 Å². The molecule has 2 N–H and O–H groups in total. The van der Waals surface area contributed by atoms with E-state index in [4.69, 9.17) is 0 Å². The minimum absolute atomic E-state index is 0.212. The number of carboxylic acids is 1. The van der Waals surface area contributed by atoms with Gasteiger partial charge in [-0.15, -0.1) is 0 Å². The third-order valence-corrected chi connectivity index (χ3v) is 4.79. The van der Waals surface area contributed by atoms with Crippen LogP contribution >= 0.6 is 0 Å². The summed E-state index contributed by atoms with van der Waals surface area (Å²) in [6, 6.07) is 10.6. The third-order valence-electron chi connectivity index (χ3n) is 4.79. The molecule has 6 nitrogen and oxygen atoms in total. The Morgan fingerprint density at radius 3 is 2.68 bits per heavy atom. The van der Waals surface area contributed by atoms with Crippen molar-refractivity contribution >= 4 is 5.97 Å². The molecule has 134 valence electrons. The lowest BCUT2D eigenvalue weighted by Gasteiger charge is -2.21. The lowest BCUT2D eigenvalue weighted by Crippen LogP contribution is -2.31. The first-order valence-electron chi connectivity index (χ1n) is 8.96. The molecule has 6 heteroatoms. The standard InChI is InChI=1S/C19H26N4O2/c24-19(25)18-17(14-20-21-18)15-23-11-5-10-22(12-13-23)9-4-8-16-6-2-1-3-7-16/h1-3,6-7,14H,4-5,8-13,15H2,(H,20,21)(H,24,25). The molecule has 1 aromatic carbocycles. The Labute approximate surface area is 148 Å². The van der Waals surface area contributed by atoms with E-state index in [2.05, 4.69) is 50.3 Å². The van der Waals surface area contributed by atoms with E-state index in [1.807, 2.05) is 0 Å². The highest BCUT2D eigenvalue weighted by Gasteiger charge is 2.18. The Bertz CT molecular complexity index is 671. The third kappa shape index (κ3) is 5.14. The van der Waals surface area contributed by atoms with Gasteiger partial charge in [0, 0.05) is 25.2 Å². The molecule has 25 heavy (non-hydrogen) atoms. The van der Waals surface area contributed by atoms with Crippen LogP contribution in [0.1, 0.15) is 34.5 Å². The zero-order chi connectivity index (χ0) is 17.5. The average Bonchev–Trinajstić information content (AvgIpc) is 2.97. The molecule has 1 aromatic heterocycles. The van der Waals surface area contributed by atoms with Gasteiger partial charge in [-0.05, 0) is 44.5 Å². The monoisotopic (exact) mass is 342 g/mol. The van der Waals surface area contributed by atoms with E-state index in [1.54, 1.807) is 6.20 Å². The van der Waals surface area contributed by atoms with Gasteiger partial charge in [0.05, 0.1) is 6.20 Å². The van der Waals surface area contributed by atoms with Crippen LogP contribution in [-0.4, -0.2) is 63.8 Å². The van der Waals surface area contributed by atoms with Gasteiger partial charge >= 0.3 is 5.97 Å². The van der Waals surface area contributed by atoms with Gasteiger partial charge in [0.1, 0.15) is 5.69 Å². The Kier molecular flexibility index (Phi) is 6.19. The molecule has 1 saturated heterocycles. The van der Waals surface area contributed by atoms with Crippen LogP contribution in [0.5, 0.6) is 0 Å². The molecule has 1 aliphatic rings. The van der Waals surface area contributed by atoms with Crippen molar-refractivity contribution in [2.24, 2.45) is 0 Å². The van der Waals surface area contributed by atoms with Crippen molar-refractivity contribution in [2.75, 3.05) is 32.7 Å². The lowest BCUT2D eigenvalue weighted by atomic mass is 10.1. The van der Waals surface area contributed by atoms with Gasteiger partial charge in [0.2, 0.25) is 0 Å². The number of nitrogens with one attached hydrogen (secondary N) is 1. The maximum absolute atomic E-state index is 11.2. The number of carbonyl (C=O) groups is 1. The second-order valence-corrected chi connectivity index (χ2v) is 6.64. The Balaban J connectivity index is 1.44. The van der Waals surface area contributed by atoms with Crippen LogP contribution in [0.15, 0.2) is 36.5 Å². The summed E-state index contributed by atoms with van der Waals surface area (Å²) in [5.41, 5.74) is 2.38. The maximum atomic E-state index is 11.2. The normalized spacial score (nSPS) is 16.6. The fraction of sp³-hybridized carbons (Fsp3) is 0.474. The maximum Gasteiger partial charge on any atom is 0.354 e. The number of aryl methyl sites for hydroxylation is 1. The molecule has 0 radical (unpaired) electrons. The van der Waals surface area contributed by atoms with E-state index in [9.17, 15) is 9.90 Å². The van der Waals surface area contributed by atoms with Crippen LogP contribution in [-0.2, 0) is 13.0 Å². The fourth-order valence-electron chi connectivity index (χ4n) is 3.41. The van der Waals surface area contributed by atoms with Gasteiger partial charge in [0.25, 0.3) is 0 Å². The highest BCUT2D eigenvalue weighted by molar-refractivity contribution is 5.86. The SMILES string of the molecule is O=C(O)c1[nH]ncc1CN1CCCN(CCCc2ccccc2)CC1. The number of H-pyrrole nitrogens is 1. The number of hydrogen-bond acceptors (Lipinski definition) is 4. The summed E-state index contributed by atoms with van der Waals surface area (Å²) in [6.45, 7) is 5.89. The van der Waals surface area contributed by atoms with E-state index in [1.165, 1.54) is 12.0 Å². The predicted molar refractivity (Wildman–Crippen MR) is 96.6 cm³/mol. The molecule has 1 aliphatic heterocycles. The van der Waals surface area contributed by atoms with E-state index >= 15 is 0 Å². The number of aromatic nitrogens is 2. The largest absolute Gasteiger partial charge is 0.477 e. The van der Waals surface area contributed by atoms with Crippen LogP contribution in [0.25, 0.3) is 0 Å². The average molecular weight is 342 g/mol. The Morgan fingerprint density at radius 1 is 1.12 bits per heavy atom. The highest BCUT2D eigenvalue weighted by Crippen LogP contribution is 2.12. The zero-order valence-corrected chi connectivity index (χ0v) is 14.5. The zero-order valence-electron chi connectivity index (χ0n) is 14.5. The quantitative estimate of drug-likeness (QED) is 0.807. The molecule has 0 unspecified atom stereocenters. The van der Waals surface area contributed by atoms with Gasteiger partial charge in [0.15, 0.2) is 0 Å². The Morgan fingerprint density at radius 2 is 1.88 bits per heavy atom. The number of rotatable bonds is 7. The predicted octanol–water partition coefficient (Wildman–Crippen LogP) is 2.25. The summed E-state index contributed by atoms with van der Waals surface area (Å²) < 4.78 is 0. The molecular formula is C19H26N4O2. The highest BCUT2D eigenvalue weighted by atomic mass is 16.4. The smallest absolute Gasteiger partial charge is 0.354 e. The molecule has 2 heterocycles. The second-order valence-electron chi connectivity index (χ2n) is 6.64. The van der Waals surface area contributed by atoms with Gasteiger partial charge in [-0.1, -0.05) is 30.3 Å². The lowest BCUT2D eigenvalue weighted by molar-refractivity contribution is 0.0688. The van der Waals surface area contributed by atoms with E-state index in [0.29, 0.717) is 6.54 Å². The van der Waals surface area contributed by atoms with Crippen molar-refractivity contribution in [1.29, 1.82) is 0 Å². The Hall–Kier alpha value is -2.18. The summed E-state index contributed by atoms with van der Waals surface area (Å²) in [6.07, 6.45) is 5.05. The van der Waals surface area contributed by atoms with Crippen molar-refractivity contribution in [3.05, 3.63) is 53.3 Å². The van der Waals surface area contributed by atoms with Gasteiger partial charge in [-0.2, -0.15) is 5.10 Å². The molecule has 0 atom stereocenters. The first kappa shape index (κ1) is 17.6. The van der Waals surface area contributed by atoms with Crippen LogP contribution in [0.4, 0.5) is 0 Å². The molecule has 0 amide bonds. The number of benzene rings is 1. The van der Waals surface area contributed by atoms with Crippen LogP contribution < -0.4 is 0 Å². The van der Waals surface area contributed by atoms with Gasteiger partial charge < -0.3 is 10.0 Å². The van der Waals surface area contributed by atoms with Crippen LogP contribution in [0.2, 0.25) is 0 Å². The number of hydrogen-bond donors (Lipinski definition) is 2. The first-order valence-corrected chi connectivity index (χ1v) is 8.96. The van der Waals surface area contributed by atoms with Crippen molar-refractivity contribution < 1.29 is 9.90 Å². The summed E-state index contributed by atoms with van der Waals surface area (Å²) >= 11 is 0. The number of aromatic carboxylic acids is 1. The first-order chi connectivity index (χ1) is 12.2. The number of carboxylic acid groups (broad SMARTS) is 1. The van der Waals surface area contributed by atoms with Crippen molar-refractivity contribution in [3.63, 3.8) is 0 Å². The van der Waals surface area contributed by atoms with Crippen molar-refractivity contribution in [3.8, 4) is 0 Å². The number of nitrogens with zero attached hydrogens (tertiary/aromatic N) is 3. The molecule has 1 fully saturated rings. The summed E-state index contributed by atoms with van der Waals surface area (Å²) in [7, 11) is 0. The van der Waals surface area contributed by atoms with E-state index in [-0.39, 0.29) is 5.69 Å². The van der Waals surface area contributed by atoms with Crippen LogP contribution in [0.3, 0.4) is 0 Å². The molecular weight excluding hydrogens is 316 g/mol. The summed E-state index contributed by atoms with van der Waals surface area (Å²) in [5, 5.41) is 15.6. The minimum atomic E-state index is -0.940. The molecule has 0 aliphatic carbocycles. The molecule has 0 bridgehead atoms.